The third kappa shape index (κ3) is 6.90. The topological polar surface area (TPSA) is 58.7 Å². The number of aliphatic hydroxyl groups is 1. The van der Waals surface area contributed by atoms with Gasteiger partial charge in [-0.15, -0.1) is 0 Å². The number of benzene rings is 1. The molecular formula is C27H42N2O3. The van der Waals surface area contributed by atoms with Crippen LogP contribution in [0.5, 0.6) is 0 Å². The zero-order valence-electron chi connectivity index (χ0n) is 20.1. The minimum atomic E-state index is -1.15. The summed E-state index contributed by atoms with van der Waals surface area (Å²) in [5.74, 6) is 1.43. The highest BCUT2D eigenvalue weighted by Crippen LogP contribution is 2.43. The van der Waals surface area contributed by atoms with Gasteiger partial charge in [-0.25, -0.2) is 4.98 Å². The van der Waals surface area contributed by atoms with Gasteiger partial charge in [0.1, 0.15) is 5.76 Å². The summed E-state index contributed by atoms with van der Waals surface area (Å²) in [5.41, 5.74) is -0.263. The van der Waals surface area contributed by atoms with Gasteiger partial charge in [-0.3, -0.25) is 4.90 Å². The molecule has 1 unspecified atom stereocenters. The lowest BCUT2D eigenvalue weighted by Crippen LogP contribution is -2.38. The van der Waals surface area contributed by atoms with Crippen molar-refractivity contribution in [3.63, 3.8) is 0 Å². The molecule has 1 atom stereocenters. The third-order valence-electron chi connectivity index (χ3n) is 6.85. The quantitative estimate of drug-likeness (QED) is 0.369. The molecule has 1 saturated carbocycles. The summed E-state index contributed by atoms with van der Waals surface area (Å²) in [7, 11) is 3.90. The molecule has 0 bridgehead atoms. The van der Waals surface area contributed by atoms with E-state index in [1.807, 2.05) is 30.3 Å². The van der Waals surface area contributed by atoms with E-state index in [-0.39, 0.29) is 5.92 Å². The van der Waals surface area contributed by atoms with Gasteiger partial charge in [0.15, 0.2) is 5.60 Å². The van der Waals surface area contributed by atoms with Crippen LogP contribution in [0.2, 0.25) is 0 Å². The van der Waals surface area contributed by atoms with Gasteiger partial charge in [-0.05, 0) is 44.8 Å². The molecule has 0 radical (unpaired) electrons. The van der Waals surface area contributed by atoms with Crippen LogP contribution in [0.1, 0.15) is 87.8 Å². The molecule has 0 amide bonds. The van der Waals surface area contributed by atoms with E-state index in [4.69, 9.17) is 9.15 Å². The largest absolute Gasteiger partial charge is 0.441 e. The standard InChI is InChI=1S/C27H42N2O3/c1-29(19-13-5-3-4-6-14-20-31-2)22-25-21-28-26(32-25)27(30,23-15-9-7-10-16-23)24-17-11-8-12-18-24/h7,9-10,15-16,21,24,30H,3-6,8,11-14,17-20,22H2,1-2H3. The first kappa shape index (κ1) is 24.9. The first-order chi connectivity index (χ1) is 15.6. The summed E-state index contributed by atoms with van der Waals surface area (Å²) in [6, 6.07) is 9.96. The molecule has 0 aliphatic heterocycles. The summed E-state index contributed by atoms with van der Waals surface area (Å²) in [5, 5.41) is 11.9. The van der Waals surface area contributed by atoms with Gasteiger partial charge in [0.25, 0.3) is 0 Å². The van der Waals surface area contributed by atoms with Gasteiger partial charge in [0.2, 0.25) is 5.89 Å². The lowest BCUT2D eigenvalue weighted by molar-refractivity contribution is -0.0242. The SMILES string of the molecule is COCCCCCCCCN(C)Cc1cnc(C(O)(c2ccccc2)C2CCCCC2)o1. The predicted octanol–water partition coefficient (Wildman–Crippen LogP) is 5.91. The molecule has 3 rings (SSSR count). The number of aromatic nitrogens is 1. The molecule has 178 valence electrons. The molecule has 2 aromatic rings. The highest BCUT2D eigenvalue weighted by molar-refractivity contribution is 5.30. The number of oxazole rings is 1. The van der Waals surface area contributed by atoms with E-state index in [0.29, 0.717) is 5.89 Å². The van der Waals surface area contributed by atoms with Crippen molar-refractivity contribution in [3.05, 3.63) is 53.7 Å². The molecule has 5 heteroatoms. The van der Waals surface area contributed by atoms with Crippen LogP contribution in [0.15, 0.2) is 40.9 Å². The second-order valence-corrected chi connectivity index (χ2v) is 9.45. The maximum Gasteiger partial charge on any atom is 0.231 e. The van der Waals surface area contributed by atoms with E-state index < -0.39 is 5.60 Å². The Morgan fingerprint density at radius 3 is 2.44 bits per heavy atom. The van der Waals surface area contributed by atoms with Gasteiger partial charge in [-0.1, -0.05) is 75.3 Å². The van der Waals surface area contributed by atoms with Crippen molar-refractivity contribution in [2.75, 3.05) is 27.3 Å². The van der Waals surface area contributed by atoms with E-state index in [1.165, 1.54) is 44.9 Å². The number of nitrogens with zero attached hydrogens (tertiary/aromatic N) is 2. The van der Waals surface area contributed by atoms with E-state index in [0.717, 1.165) is 56.7 Å². The zero-order chi connectivity index (χ0) is 22.7. The Hall–Kier alpha value is -1.69. The van der Waals surface area contributed by atoms with E-state index in [1.54, 1.807) is 13.3 Å². The fourth-order valence-corrected chi connectivity index (χ4v) is 4.98. The average molecular weight is 443 g/mol. The fraction of sp³-hybridized carbons (Fsp3) is 0.667. The van der Waals surface area contributed by atoms with Crippen LogP contribution in [0.3, 0.4) is 0 Å². The minimum Gasteiger partial charge on any atom is -0.441 e. The van der Waals surface area contributed by atoms with Gasteiger partial charge < -0.3 is 14.3 Å². The van der Waals surface area contributed by atoms with Gasteiger partial charge >= 0.3 is 0 Å². The average Bonchev–Trinajstić information content (AvgIpc) is 3.30. The number of unbranched alkanes of at least 4 members (excludes halogenated alkanes) is 5. The summed E-state index contributed by atoms with van der Waals surface area (Å²) in [4.78, 5) is 6.87. The Bertz CT molecular complexity index is 757. The second-order valence-electron chi connectivity index (χ2n) is 9.45. The van der Waals surface area contributed by atoms with Crippen molar-refractivity contribution in [1.29, 1.82) is 0 Å². The molecule has 1 heterocycles. The molecule has 32 heavy (non-hydrogen) atoms. The van der Waals surface area contributed by atoms with Crippen LogP contribution < -0.4 is 0 Å². The Morgan fingerprint density at radius 1 is 1.03 bits per heavy atom. The van der Waals surface area contributed by atoms with Gasteiger partial charge in [0.05, 0.1) is 12.7 Å². The van der Waals surface area contributed by atoms with Crippen LogP contribution in [-0.4, -0.2) is 42.3 Å². The molecule has 5 nitrogen and oxygen atoms in total. The van der Waals surface area contributed by atoms with Crippen molar-refractivity contribution in [1.82, 2.24) is 9.88 Å². The van der Waals surface area contributed by atoms with Crippen molar-refractivity contribution in [2.45, 2.75) is 82.8 Å². The summed E-state index contributed by atoms with van der Waals surface area (Å²) < 4.78 is 11.3. The molecule has 0 saturated heterocycles. The first-order valence-corrected chi connectivity index (χ1v) is 12.5. The summed E-state index contributed by atoms with van der Waals surface area (Å²) in [6.45, 7) is 2.64. The summed E-state index contributed by atoms with van der Waals surface area (Å²) >= 11 is 0. The maximum absolute atomic E-state index is 11.9. The third-order valence-corrected chi connectivity index (χ3v) is 6.85. The van der Waals surface area contributed by atoms with Crippen molar-refractivity contribution in [2.24, 2.45) is 5.92 Å². The molecule has 1 aliphatic rings. The second kappa shape index (κ2) is 13.1. The predicted molar refractivity (Wildman–Crippen MR) is 128 cm³/mol. The maximum atomic E-state index is 11.9. The van der Waals surface area contributed by atoms with E-state index in [2.05, 4.69) is 16.9 Å². The van der Waals surface area contributed by atoms with Gasteiger partial charge in [-0.2, -0.15) is 0 Å². The molecule has 1 N–H and O–H groups in total. The van der Waals surface area contributed by atoms with Crippen molar-refractivity contribution < 1.29 is 14.3 Å². The van der Waals surface area contributed by atoms with Crippen LogP contribution in [0, 0.1) is 5.92 Å². The van der Waals surface area contributed by atoms with Crippen LogP contribution in [-0.2, 0) is 16.9 Å². The van der Waals surface area contributed by atoms with E-state index in [9.17, 15) is 5.11 Å². The Labute approximate surface area is 194 Å². The minimum absolute atomic E-state index is 0.145. The molecule has 1 aliphatic carbocycles. The molecule has 0 spiro atoms. The molecular weight excluding hydrogens is 400 g/mol. The monoisotopic (exact) mass is 442 g/mol. The molecule has 1 aromatic carbocycles. The lowest BCUT2D eigenvalue weighted by atomic mass is 9.73. The van der Waals surface area contributed by atoms with Gasteiger partial charge in [0, 0.05) is 19.6 Å². The summed E-state index contributed by atoms with van der Waals surface area (Å²) in [6.07, 6.45) is 14.8. The number of hydrogen-bond donors (Lipinski definition) is 1. The molecule has 1 aromatic heterocycles. The number of methoxy groups -OCH3 is 1. The number of hydrogen-bond acceptors (Lipinski definition) is 5. The van der Waals surface area contributed by atoms with Crippen LogP contribution in [0.4, 0.5) is 0 Å². The first-order valence-electron chi connectivity index (χ1n) is 12.5. The highest BCUT2D eigenvalue weighted by atomic mass is 16.5. The fourth-order valence-electron chi connectivity index (χ4n) is 4.98. The van der Waals surface area contributed by atoms with Crippen molar-refractivity contribution >= 4 is 0 Å². The number of ether oxygens (including phenoxy) is 1. The Morgan fingerprint density at radius 2 is 1.72 bits per heavy atom. The van der Waals surface area contributed by atoms with Crippen LogP contribution >= 0.6 is 0 Å². The van der Waals surface area contributed by atoms with E-state index >= 15 is 0 Å². The van der Waals surface area contributed by atoms with Crippen LogP contribution in [0.25, 0.3) is 0 Å². The van der Waals surface area contributed by atoms with Crippen molar-refractivity contribution in [3.8, 4) is 0 Å². The zero-order valence-corrected chi connectivity index (χ0v) is 20.1. The molecule has 1 fully saturated rings. The normalized spacial score (nSPS) is 17.0. The Kier molecular flexibility index (Phi) is 10.2. The highest BCUT2D eigenvalue weighted by Gasteiger charge is 2.44. The number of rotatable bonds is 14. The smallest absolute Gasteiger partial charge is 0.231 e. The lowest BCUT2D eigenvalue weighted by Gasteiger charge is -2.36. The Balaban J connectivity index is 1.54.